The van der Waals surface area contributed by atoms with Gasteiger partial charge in [0.25, 0.3) is 5.56 Å². The number of halogens is 1. The van der Waals surface area contributed by atoms with Crippen LogP contribution < -0.4 is 5.56 Å². The molecule has 0 aliphatic carbocycles. The molecule has 0 aromatic carbocycles. The van der Waals surface area contributed by atoms with E-state index in [2.05, 4.69) is 22.0 Å². The van der Waals surface area contributed by atoms with Crippen molar-refractivity contribution in [3.63, 3.8) is 0 Å². The second kappa shape index (κ2) is 5.21. The average molecular weight is 359 g/mol. The van der Waals surface area contributed by atoms with Gasteiger partial charge in [-0.1, -0.05) is 18.5 Å². The largest absolute Gasteiger partial charge is 0.361 e. The fraction of sp³-hybridized carbons (Fsp3) is 0.417. The lowest BCUT2D eigenvalue weighted by atomic mass is 10.2. The van der Waals surface area contributed by atoms with Crippen molar-refractivity contribution in [2.24, 2.45) is 0 Å². The standard InChI is InChI=1S/C12H14IN3O2/c1-4-5-8-10(13)12(17)15-11(14-8)9-6(2)16-18-7(9)3/h4-5H2,1-3H3,(H,14,15,17). The Kier molecular flexibility index (Phi) is 3.84. The summed E-state index contributed by atoms with van der Waals surface area (Å²) in [4.78, 5) is 19.2. The molecule has 0 bridgehead atoms. The van der Waals surface area contributed by atoms with E-state index in [0.717, 1.165) is 29.8 Å². The molecule has 0 atom stereocenters. The van der Waals surface area contributed by atoms with E-state index < -0.39 is 0 Å². The summed E-state index contributed by atoms with van der Waals surface area (Å²) in [5.41, 5.74) is 2.24. The molecule has 0 amide bonds. The van der Waals surface area contributed by atoms with Crippen LogP contribution in [0.15, 0.2) is 9.32 Å². The van der Waals surface area contributed by atoms with Crippen LogP contribution in [0, 0.1) is 17.4 Å². The van der Waals surface area contributed by atoms with Gasteiger partial charge in [-0.15, -0.1) is 0 Å². The summed E-state index contributed by atoms with van der Waals surface area (Å²) in [5, 5.41) is 3.88. The van der Waals surface area contributed by atoms with Crippen LogP contribution >= 0.6 is 22.6 Å². The summed E-state index contributed by atoms with van der Waals surface area (Å²) < 4.78 is 5.76. The molecule has 0 radical (unpaired) electrons. The number of aryl methyl sites for hydroxylation is 3. The van der Waals surface area contributed by atoms with Crippen molar-refractivity contribution in [3.8, 4) is 11.4 Å². The first-order valence-electron chi connectivity index (χ1n) is 5.76. The molecule has 0 fully saturated rings. The minimum atomic E-state index is -0.107. The van der Waals surface area contributed by atoms with Gasteiger partial charge in [-0.2, -0.15) is 0 Å². The van der Waals surface area contributed by atoms with Crippen LogP contribution in [0.1, 0.15) is 30.5 Å². The first-order valence-corrected chi connectivity index (χ1v) is 6.84. The highest BCUT2D eigenvalue weighted by Gasteiger charge is 2.16. The summed E-state index contributed by atoms with van der Waals surface area (Å²) in [5.74, 6) is 1.21. The number of rotatable bonds is 3. The number of hydrogen-bond donors (Lipinski definition) is 1. The maximum Gasteiger partial charge on any atom is 0.264 e. The van der Waals surface area contributed by atoms with Crippen molar-refractivity contribution in [2.45, 2.75) is 33.6 Å². The molecular formula is C12H14IN3O2. The van der Waals surface area contributed by atoms with Gasteiger partial charge in [-0.05, 0) is 42.9 Å². The minimum absolute atomic E-state index is 0.107. The van der Waals surface area contributed by atoms with Crippen molar-refractivity contribution >= 4 is 22.6 Å². The highest BCUT2D eigenvalue weighted by molar-refractivity contribution is 14.1. The van der Waals surface area contributed by atoms with Crippen molar-refractivity contribution in [1.82, 2.24) is 15.1 Å². The number of nitrogens with one attached hydrogen (secondary N) is 1. The van der Waals surface area contributed by atoms with Crippen LogP contribution in [0.25, 0.3) is 11.4 Å². The van der Waals surface area contributed by atoms with Crippen molar-refractivity contribution < 1.29 is 4.52 Å². The highest BCUT2D eigenvalue weighted by atomic mass is 127. The lowest BCUT2D eigenvalue weighted by Gasteiger charge is -2.05. The monoisotopic (exact) mass is 359 g/mol. The topological polar surface area (TPSA) is 71.8 Å². The third kappa shape index (κ3) is 2.33. The molecule has 2 rings (SSSR count). The fourth-order valence-electron chi connectivity index (χ4n) is 1.85. The van der Waals surface area contributed by atoms with Crippen molar-refractivity contribution in [2.75, 3.05) is 0 Å². The van der Waals surface area contributed by atoms with E-state index in [1.807, 2.05) is 36.4 Å². The molecule has 0 aliphatic rings. The van der Waals surface area contributed by atoms with E-state index >= 15 is 0 Å². The third-order valence-electron chi connectivity index (χ3n) is 2.69. The van der Waals surface area contributed by atoms with Crippen LogP contribution in [0.2, 0.25) is 0 Å². The van der Waals surface area contributed by atoms with Crippen molar-refractivity contribution in [1.29, 1.82) is 0 Å². The van der Waals surface area contributed by atoms with E-state index in [0.29, 0.717) is 15.2 Å². The Bertz CT molecular complexity index is 611. The van der Waals surface area contributed by atoms with E-state index in [4.69, 9.17) is 4.52 Å². The Morgan fingerprint density at radius 1 is 1.39 bits per heavy atom. The maximum atomic E-state index is 11.9. The molecule has 0 unspecified atom stereocenters. The molecule has 0 saturated heterocycles. The number of nitrogens with zero attached hydrogens (tertiary/aromatic N) is 2. The van der Waals surface area contributed by atoms with Crippen molar-refractivity contribution in [3.05, 3.63) is 31.1 Å². The molecule has 2 aromatic rings. The lowest BCUT2D eigenvalue weighted by molar-refractivity contribution is 0.393. The Morgan fingerprint density at radius 2 is 2.11 bits per heavy atom. The van der Waals surface area contributed by atoms with Gasteiger partial charge in [0.1, 0.15) is 11.6 Å². The lowest BCUT2D eigenvalue weighted by Crippen LogP contribution is -2.16. The second-order valence-corrected chi connectivity index (χ2v) is 5.20. The molecule has 6 heteroatoms. The Balaban J connectivity index is 2.63. The smallest absolute Gasteiger partial charge is 0.264 e. The van der Waals surface area contributed by atoms with Gasteiger partial charge in [0.05, 0.1) is 20.5 Å². The number of hydrogen-bond acceptors (Lipinski definition) is 4. The molecule has 0 saturated carbocycles. The minimum Gasteiger partial charge on any atom is -0.361 e. The van der Waals surface area contributed by atoms with E-state index in [1.165, 1.54) is 0 Å². The summed E-state index contributed by atoms with van der Waals surface area (Å²) in [6.07, 6.45) is 1.74. The van der Waals surface area contributed by atoms with E-state index in [1.54, 1.807) is 0 Å². The summed E-state index contributed by atoms with van der Waals surface area (Å²) >= 11 is 2.03. The normalized spacial score (nSPS) is 10.9. The van der Waals surface area contributed by atoms with Crippen LogP contribution in [0.4, 0.5) is 0 Å². The molecule has 2 aromatic heterocycles. The van der Waals surface area contributed by atoms with Gasteiger partial charge in [-0.3, -0.25) is 4.79 Å². The first-order chi connectivity index (χ1) is 8.54. The predicted octanol–water partition coefficient (Wildman–Crippen LogP) is 2.60. The molecular weight excluding hydrogens is 345 g/mol. The van der Waals surface area contributed by atoms with Gasteiger partial charge in [-0.25, -0.2) is 4.98 Å². The Labute approximate surface area is 118 Å². The van der Waals surface area contributed by atoms with Gasteiger partial charge in [0.15, 0.2) is 0 Å². The van der Waals surface area contributed by atoms with E-state index in [-0.39, 0.29) is 5.56 Å². The third-order valence-corrected chi connectivity index (χ3v) is 3.80. The Morgan fingerprint density at radius 3 is 2.67 bits per heavy atom. The summed E-state index contributed by atoms with van der Waals surface area (Å²) in [6, 6.07) is 0. The van der Waals surface area contributed by atoms with Gasteiger partial charge in [0, 0.05) is 0 Å². The van der Waals surface area contributed by atoms with Gasteiger partial charge < -0.3 is 9.51 Å². The summed E-state index contributed by atoms with van der Waals surface area (Å²) in [7, 11) is 0. The molecule has 1 N–H and O–H groups in total. The first kappa shape index (κ1) is 13.3. The zero-order chi connectivity index (χ0) is 13.3. The zero-order valence-electron chi connectivity index (χ0n) is 10.5. The molecule has 2 heterocycles. The zero-order valence-corrected chi connectivity index (χ0v) is 12.7. The molecule has 0 spiro atoms. The number of aromatic amines is 1. The number of aromatic nitrogens is 3. The van der Waals surface area contributed by atoms with Gasteiger partial charge in [0.2, 0.25) is 0 Å². The van der Waals surface area contributed by atoms with Crippen LogP contribution in [-0.4, -0.2) is 15.1 Å². The highest BCUT2D eigenvalue weighted by Crippen LogP contribution is 2.23. The maximum absolute atomic E-state index is 11.9. The SMILES string of the molecule is CCCc1nc(-c2c(C)noc2C)[nH]c(=O)c1I. The van der Waals surface area contributed by atoms with E-state index in [9.17, 15) is 4.79 Å². The van der Waals surface area contributed by atoms with Crippen LogP contribution in [0.3, 0.4) is 0 Å². The molecule has 0 aliphatic heterocycles. The molecule has 96 valence electrons. The van der Waals surface area contributed by atoms with Crippen LogP contribution in [-0.2, 0) is 6.42 Å². The fourth-order valence-corrected chi connectivity index (χ4v) is 2.37. The molecule has 18 heavy (non-hydrogen) atoms. The Hall–Kier alpha value is -1.18. The second-order valence-electron chi connectivity index (χ2n) is 4.12. The predicted molar refractivity (Wildman–Crippen MR) is 76.5 cm³/mol. The molecule has 5 nitrogen and oxygen atoms in total. The number of H-pyrrole nitrogens is 1. The average Bonchev–Trinajstić information content (AvgIpc) is 2.65. The van der Waals surface area contributed by atoms with Crippen LogP contribution in [0.5, 0.6) is 0 Å². The quantitative estimate of drug-likeness (QED) is 0.856. The van der Waals surface area contributed by atoms with Gasteiger partial charge >= 0.3 is 0 Å². The summed E-state index contributed by atoms with van der Waals surface area (Å²) in [6.45, 7) is 5.71.